The summed E-state index contributed by atoms with van der Waals surface area (Å²) in [6.07, 6.45) is -7.36. The van der Waals surface area contributed by atoms with Crippen LogP contribution < -0.4 is 95.7 Å². The Hall–Kier alpha value is -13.3. The zero-order chi connectivity index (χ0) is 114. The lowest BCUT2D eigenvalue weighted by Gasteiger charge is -2.32. The number of aliphatic carboxylic acids is 4. The monoisotopic (exact) mass is 2110 g/mol. The van der Waals surface area contributed by atoms with Crippen LogP contribution in [0, 0.1) is 53.3 Å². The highest BCUT2D eigenvalue weighted by atomic mass is 19.4. The van der Waals surface area contributed by atoms with Crippen LogP contribution in [0.2, 0.25) is 0 Å². The molecule has 0 spiro atoms. The number of hydrogen-bond donors (Lipinski definition) is 22. The van der Waals surface area contributed by atoms with Crippen molar-refractivity contribution in [1.82, 2.24) is 106 Å². The molecule has 0 bridgehead atoms. The number of likely N-dealkylation sites (tertiary alicyclic amines) is 2. The van der Waals surface area contributed by atoms with Crippen molar-refractivity contribution in [3.8, 4) is 0 Å². The minimum atomic E-state index is -5.08. The van der Waals surface area contributed by atoms with Gasteiger partial charge in [0.2, 0.25) is 118 Å². The van der Waals surface area contributed by atoms with E-state index in [0.29, 0.717) is 6.42 Å². The molecule has 148 heavy (non-hydrogen) atoms. The van der Waals surface area contributed by atoms with Crippen LogP contribution in [-0.4, -0.2) is 319 Å². The van der Waals surface area contributed by atoms with Gasteiger partial charge >= 0.3 is 30.1 Å². The zero-order valence-corrected chi connectivity index (χ0v) is 89.2. The summed E-state index contributed by atoms with van der Waals surface area (Å²) in [6, 6.07) is -27.1. The molecule has 22 N–H and O–H groups in total. The number of halogens is 3. The number of carboxylic acids is 4. The SMILES string of the molecule is CC(=O)N[C@@H](C)C(=O)N[C@@H](C)C(=O)N[C@H](C(=O)N[C@@H](C)C(=O)N[C@@H](CC(C)C)C(=O)N[C@@H](CC(C)C)C(=O)N1CCC[C@H]1C(=O)N[C@@H](C)C(=O)N[C@H](C(=O)N[C@@H](CC(C)C)C(=O)N[C@@H](CC(C)C)C(=O)N[C@@H](C)C(=O)N[C@@H](CC(C)C)C(=O)N[C@@H](CC(C)C)C(=O)N[C@@H](C)C(=O)N1CCC[C@H]1C(=O)N[C@@H](CC(=O)O)C(=O)N[C@@H](CCC(=O)O)C(=O)N[C@H](C(=O)N[C@H](C=O)CC(=O)O)C(C)C)C(C)C)C(C)C.O=C(O)C(F)(F)F. The number of alkyl halides is 3. The summed E-state index contributed by atoms with van der Waals surface area (Å²) in [5.74, 6) is -27.2. The predicted molar refractivity (Wildman–Crippen MR) is 526 cm³/mol. The lowest BCUT2D eigenvalue weighted by molar-refractivity contribution is -0.192. The summed E-state index contributed by atoms with van der Waals surface area (Å²) >= 11 is 0. The second kappa shape index (κ2) is 63.4. The number of amides is 20. The average molecular weight is 2110 g/mol. The minimum absolute atomic E-state index is 0.00704. The molecule has 0 saturated carbocycles. The van der Waals surface area contributed by atoms with Crippen molar-refractivity contribution < 1.29 is 153 Å². The second-order valence-corrected chi connectivity index (χ2v) is 41.1. The summed E-state index contributed by atoms with van der Waals surface area (Å²) < 4.78 is 31.7. The van der Waals surface area contributed by atoms with Gasteiger partial charge in [-0.2, -0.15) is 13.2 Å². The van der Waals surface area contributed by atoms with Gasteiger partial charge in [-0.15, -0.1) is 0 Å². The fourth-order valence-corrected chi connectivity index (χ4v) is 15.7. The van der Waals surface area contributed by atoms with E-state index in [2.05, 4.69) is 95.7 Å². The van der Waals surface area contributed by atoms with Gasteiger partial charge < -0.3 is 131 Å². The first kappa shape index (κ1) is 133. The maximum atomic E-state index is 14.7. The van der Waals surface area contributed by atoms with E-state index < -0.39 is 312 Å². The van der Waals surface area contributed by atoms with Crippen molar-refractivity contribution in [2.75, 3.05) is 13.1 Å². The van der Waals surface area contributed by atoms with E-state index >= 15 is 0 Å². The van der Waals surface area contributed by atoms with E-state index in [4.69, 9.17) is 15.0 Å². The van der Waals surface area contributed by atoms with E-state index in [1.165, 1.54) is 67.2 Å². The maximum absolute atomic E-state index is 14.7. The summed E-state index contributed by atoms with van der Waals surface area (Å²) in [6.45, 7) is 40.2. The number of carbonyl (C=O) groups excluding carboxylic acids is 21. The van der Waals surface area contributed by atoms with Crippen LogP contribution in [0.1, 0.15) is 263 Å². The smallest absolute Gasteiger partial charge is 0.481 e. The average Bonchev–Trinajstić information content (AvgIpc) is 1.67. The van der Waals surface area contributed by atoms with Crippen molar-refractivity contribution in [3.05, 3.63) is 0 Å². The van der Waals surface area contributed by atoms with Crippen LogP contribution in [0.25, 0.3) is 0 Å². The number of hydrogen-bond acceptors (Lipinski definition) is 25. The van der Waals surface area contributed by atoms with Crippen molar-refractivity contribution in [2.24, 2.45) is 53.3 Å². The highest BCUT2D eigenvalue weighted by molar-refractivity contribution is 6.03. The van der Waals surface area contributed by atoms with Crippen LogP contribution >= 0.6 is 0 Å². The van der Waals surface area contributed by atoms with Crippen molar-refractivity contribution in [2.45, 2.75) is 390 Å². The molecule has 2 aliphatic rings. The molecule has 2 fully saturated rings. The van der Waals surface area contributed by atoms with Crippen LogP contribution in [0.5, 0.6) is 0 Å². The molecule has 0 aromatic heterocycles. The quantitative estimate of drug-likeness (QED) is 0.0316. The topological polar surface area (TPSA) is 731 Å². The van der Waals surface area contributed by atoms with Gasteiger partial charge in [-0.1, -0.05) is 125 Å². The van der Waals surface area contributed by atoms with Crippen LogP contribution in [0.4, 0.5) is 13.2 Å². The fourth-order valence-electron chi connectivity index (χ4n) is 15.7. The molecule has 2 aliphatic heterocycles. The van der Waals surface area contributed by atoms with Gasteiger partial charge in [-0.3, -0.25) is 110 Å². The van der Waals surface area contributed by atoms with Crippen LogP contribution in [-0.2, 0) is 120 Å². The first-order valence-corrected chi connectivity index (χ1v) is 49.8. The van der Waals surface area contributed by atoms with E-state index in [0.717, 1.165) is 4.90 Å². The second-order valence-electron chi connectivity index (χ2n) is 41.1. The molecule has 2 heterocycles. The van der Waals surface area contributed by atoms with Gasteiger partial charge in [0.1, 0.15) is 121 Å². The molecule has 0 aliphatic carbocycles. The molecular weight excluding hydrogens is 1950 g/mol. The number of aldehydes is 1. The van der Waals surface area contributed by atoms with Crippen LogP contribution in [0.15, 0.2) is 0 Å². The van der Waals surface area contributed by atoms with Crippen LogP contribution in [0.3, 0.4) is 0 Å². The Bertz CT molecular complexity index is 4630. The van der Waals surface area contributed by atoms with Crippen molar-refractivity contribution in [3.63, 3.8) is 0 Å². The highest BCUT2D eigenvalue weighted by Gasteiger charge is 2.46. The Morgan fingerprint density at radius 1 is 0.291 bits per heavy atom. The Labute approximate surface area is 860 Å². The molecule has 20 atom stereocenters. The van der Waals surface area contributed by atoms with Gasteiger partial charge in [0.25, 0.3) is 0 Å². The number of carboxylic acid groups (broad SMARTS) is 4. The van der Waals surface area contributed by atoms with Crippen molar-refractivity contribution in [1.29, 1.82) is 0 Å². The van der Waals surface area contributed by atoms with E-state index in [1.807, 2.05) is 13.8 Å². The third kappa shape index (κ3) is 47.7. The van der Waals surface area contributed by atoms with Gasteiger partial charge in [-0.25, -0.2) is 4.79 Å². The summed E-state index contributed by atoms with van der Waals surface area (Å²) in [4.78, 5) is 336. The maximum Gasteiger partial charge on any atom is 0.490 e. The standard InChI is InChI=1S/C94H158N20O27.C2HF3O2/c1-43(2)34-61(82(129)97-53(20)77(124)103-63(36-45(5)6)84(131)106-62(35-44(3)4)83(130)100-57(24)93(140)113-32-26-29-69(113)89(136)107-66(41-72(121)122)87(134)102-60(30-31-70(117)118)81(128)112-74(50(15)16)91(138)101-59(42-115)40-71(119)120)105-85(132)65(38-47(9)10)108-92(139)75(51(17)18)111-80(127)56(23)98-88(135)68-28-27-33-114(68)94(141)67(39-48(11)12)109-86(133)64(37-46(7)8)104-78(125)54(21)99-90(137)73(49(13)14)110-79(126)55(22)96-76(123)52(19)95-58(25)116;3-2(4,5)1(6)7/h42-57,59-69,73-75H,26-41H2,1-25H3,(H,95,116)(H,96,123)(H,97,129)(H,98,135)(H,99,137)(H,100,130)(H,101,138)(H,102,134)(H,103,124)(H,104,125)(H,105,132)(H,106,131)(H,107,136)(H,108,139)(H,109,133)(H,110,126)(H,111,127)(H,112,128)(H,117,118)(H,119,120)(H,121,122);(H,6,7)/t52-,53-,54-,55-,56-,57-,59-,60-,61-,62-,63-,64-,65-,66-,67-,68-,69-,73-,74-,75-;/m0./s1. The molecule has 49 nitrogen and oxygen atoms in total. The third-order valence-electron chi connectivity index (χ3n) is 23.4. The first-order chi connectivity index (χ1) is 68.3. The number of carbonyl (C=O) groups is 25. The molecule has 0 aromatic rings. The largest absolute Gasteiger partial charge is 0.490 e. The Balaban J connectivity index is 0.0000150. The van der Waals surface area contributed by atoms with E-state index in [-0.39, 0.29) is 113 Å². The normalized spacial score (nSPS) is 17.2. The summed E-state index contributed by atoms with van der Waals surface area (Å²) in [5, 5.41) is 81.7. The molecule has 0 unspecified atom stereocenters. The molecule has 0 radical (unpaired) electrons. The molecule has 20 amide bonds. The zero-order valence-electron chi connectivity index (χ0n) is 89.2. The number of nitrogens with zero attached hydrogens (tertiary/aromatic N) is 2. The van der Waals surface area contributed by atoms with Gasteiger partial charge in [-0.05, 0) is 165 Å². The Morgan fingerprint density at radius 3 is 0.892 bits per heavy atom. The fraction of sp³-hybridized carbons (Fsp3) is 0.740. The van der Waals surface area contributed by atoms with Gasteiger partial charge in [0.15, 0.2) is 0 Å². The molecular formula is C96H159F3N20O29. The molecule has 0 aromatic carbocycles. The predicted octanol–water partition coefficient (Wildman–Crippen LogP) is -1.27. The Kier molecular flexibility index (Phi) is 56.9. The first-order valence-electron chi connectivity index (χ1n) is 49.8. The Morgan fingerprint density at radius 2 is 0.547 bits per heavy atom. The molecule has 2 rings (SSSR count). The highest BCUT2D eigenvalue weighted by Crippen LogP contribution is 2.25. The summed E-state index contributed by atoms with van der Waals surface area (Å²) in [7, 11) is 0. The summed E-state index contributed by atoms with van der Waals surface area (Å²) in [5.41, 5.74) is 0. The number of nitrogens with one attached hydrogen (secondary N) is 18. The van der Waals surface area contributed by atoms with E-state index in [1.54, 1.807) is 96.9 Å². The van der Waals surface area contributed by atoms with Gasteiger partial charge in [0.05, 0.1) is 18.9 Å². The van der Waals surface area contributed by atoms with Crippen molar-refractivity contribution >= 4 is 148 Å². The molecule has 2 saturated heterocycles. The molecule has 838 valence electrons. The van der Waals surface area contributed by atoms with Gasteiger partial charge in [0, 0.05) is 26.4 Å². The van der Waals surface area contributed by atoms with E-state index in [9.17, 15) is 138 Å². The molecule has 52 heteroatoms. The lowest BCUT2D eigenvalue weighted by Crippen LogP contribution is -2.61. The third-order valence-corrected chi connectivity index (χ3v) is 23.4. The lowest BCUT2D eigenvalue weighted by atomic mass is 9.98. The number of rotatable bonds is 60. The minimum Gasteiger partial charge on any atom is -0.481 e.